The minimum atomic E-state index is -4.70. The highest BCUT2D eigenvalue weighted by atomic mass is 32.2. The van der Waals surface area contributed by atoms with Crippen molar-refractivity contribution in [2.24, 2.45) is 0 Å². The van der Waals surface area contributed by atoms with Crippen LogP contribution in [0.15, 0.2) is 48.5 Å². The van der Waals surface area contributed by atoms with E-state index in [2.05, 4.69) is 5.32 Å². The third-order valence-electron chi connectivity index (χ3n) is 5.39. The van der Waals surface area contributed by atoms with E-state index in [4.69, 9.17) is 4.74 Å². The number of alkyl halides is 3. The monoisotopic (exact) mass is 529 g/mol. The molecule has 0 saturated heterocycles. The van der Waals surface area contributed by atoms with E-state index < -0.39 is 46.2 Å². The van der Waals surface area contributed by atoms with Gasteiger partial charge < -0.3 is 15.0 Å². The van der Waals surface area contributed by atoms with Crippen LogP contribution in [-0.2, 0) is 32.3 Å². The van der Waals surface area contributed by atoms with Crippen LogP contribution in [0.2, 0.25) is 0 Å². The maximum Gasteiger partial charge on any atom is 0.416 e. The summed E-state index contributed by atoms with van der Waals surface area (Å²) in [5, 5.41) is 2.67. The van der Waals surface area contributed by atoms with E-state index in [-0.39, 0.29) is 18.7 Å². The summed E-state index contributed by atoms with van der Waals surface area (Å²) in [5.41, 5.74) is -0.710. The Labute approximate surface area is 209 Å². The molecule has 0 aliphatic rings. The molecule has 0 spiro atoms. The van der Waals surface area contributed by atoms with Gasteiger partial charge in [-0.1, -0.05) is 25.1 Å². The number of ether oxygens (including phenoxy) is 1. The third-order valence-corrected chi connectivity index (χ3v) is 6.53. The normalized spacial score (nSPS) is 12.5. The average molecular weight is 530 g/mol. The summed E-state index contributed by atoms with van der Waals surface area (Å²) >= 11 is 0. The lowest BCUT2D eigenvalue weighted by molar-refractivity contribution is -0.140. The molecule has 2 amide bonds. The van der Waals surface area contributed by atoms with Crippen LogP contribution in [0.25, 0.3) is 0 Å². The molecule has 12 heteroatoms. The second-order valence-corrected chi connectivity index (χ2v) is 9.91. The molecule has 0 aromatic heterocycles. The zero-order valence-electron chi connectivity index (χ0n) is 20.5. The Kier molecular flexibility index (Phi) is 9.74. The standard InChI is InChI=1S/C24H30F3N3O5S/c1-5-21(23(32)28-6-2)29(15-17-10-12-20(35-3)13-11-17)22(31)16-30(36(4,33)34)19-9-7-8-18(14-19)24(25,26)27/h7-14,21H,5-6,15-16H2,1-4H3,(H,28,32)/t21-/m0/s1. The van der Waals surface area contributed by atoms with E-state index in [1.807, 2.05) is 0 Å². The van der Waals surface area contributed by atoms with E-state index >= 15 is 0 Å². The number of carbonyl (C=O) groups is 2. The Balaban J connectivity index is 2.47. The molecule has 0 heterocycles. The molecule has 36 heavy (non-hydrogen) atoms. The molecule has 0 saturated carbocycles. The van der Waals surface area contributed by atoms with Gasteiger partial charge in [0.25, 0.3) is 0 Å². The SMILES string of the molecule is CCNC(=O)[C@H](CC)N(Cc1ccc(OC)cc1)C(=O)CN(c1cccc(C(F)(F)F)c1)S(C)(=O)=O. The highest BCUT2D eigenvalue weighted by Gasteiger charge is 2.34. The number of carbonyl (C=O) groups excluding carboxylic acids is 2. The van der Waals surface area contributed by atoms with Gasteiger partial charge in [0.2, 0.25) is 21.8 Å². The maximum absolute atomic E-state index is 13.5. The van der Waals surface area contributed by atoms with Crippen LogP contribution in [0.5, 0.6) is 5.75 Å². The Bertz CT molecular complexity index is 1150. The number of rotatable bonds is 11. The van der Waals surface area contributed by atoms with Crippen molar-refractivity contribution in [3.63, 3.8) is 0 Å². The van der Waals surface area contributed by atoms with E-state index in [1.54, 1.807) is 38.1 Å². The maximum atomic E-state index is 13.5. The molecule has 1 atom stereocenters. The number of likely N-dealkylation sites (N-methyl/N-ethyl adjacent to an activating group) is 1. The van der Waals surface area contributed by atoms with Crippen molar-refractivity contribution in [1.29, 1.82) is 0 Å². The van der Waals surface area contributed by atoms with E-state index in [1.165, 1.54) is 18.1 Å². The topological polar surface area (TPSA) is 96.0 Å². The molecular weight excluding hydrogens is 499 g/mol. The van der Waals surface area contributed by atoms with Gasteiger partial charge in [0.15, 0.2) is 0 Å². The summed E-state index contributed by atoms with van der Waals surface area (Å²) in [6.07, 6.45) is -3.67. The van der Waals surface area contributed by atoms with Crippen molar-refractivity contribution in [2.75, 3.05) is 30.8 Å². The highest BCUT2D eigenvalue weighted by Crippen LogP contribution is 2.32. The molecule has 0 unspecified atom stereocenters. The molecule has 0 aliphatic carbocycles. The van der Waals surface area contributed by atoms with Crippen molar-refractivity contribution in [1.82, 2.24) is 10.2 Å². The number of hydrogen-bond acceptors (Lipinski definition) is 5. The molecule has 2 aromatic carbocycles. The fourth-order valence-corrected chi connectivity index (χ4v) is 4.43. The Morgan fingerprint density at radius 1 is 1.08 bits per heavy atom. The van der Waals surface area contributed by atoms with E-state index in [0.717, 1.165) is 18.4 Å². The summed E-state index contributed by atoms with van der Waals surface area (Å²) in [7, 11) is -2.65. The van der Waals surface area contributed by atoms with Crippen LogP contribution in [0.4, 0.5) is 18.9 Å². The molecule has 2 rings (SSSR count). The first kappa shape index (κ1) is 29.0. The number of anilines is 1. The van der Waals surface area contributed by atoms with Crippen LogP contribution in [0.3, 0.4) is 0 Å². The number of hydrogen-bond donors (Lipinski definition) is 1. The molecule has 0 fully saturated rings. The predicted molar refractivity (Wildman–Crippen MR) is 130 cm³/mol. The summed E-state index contributed by atoms with van der Waals surface area (Å²) in [5.74, 6) is -0.584. The third kappa shape index (κ3) is 7.61. The first-order chi connectivity index (χ1) is 16.8. The Hall–Kier alpha value is -3.28. The van der Waals surface area contributed by atoms with E-state index in [0.29, 0.717) is 28.2 Å². The highest BCUT2D eigenvalue weighted by molar-refractivity contribution is 7.92. The lowest BCUT2D eigenvalue weighted by Crippen LogP contribution is -2.52. The van der Waals surface area contributed by atoms with Gasteiger partial charge in [0.05, 0.1) is 24.6 Å². The Morgan fingerprint density at radius 2 is 1.72 bits per heavy atom. The fraction of sp³-hybridized carbons (Fsp3) is 0.417. The number of sulfonamides is 1. The number of benzene rings is 2. The van der Waals surface area contributed by atoms with Crippen LogP contribution in [0, 0.1) is 0 Å². The average Bonchev–Trinajstić information content (AvgIpc) is 2.81. The van der Waals surface area contributed by atoms with Crippen LogP contribution >= 0.6 is 0 Å². The zero-order chi connectivity index (χ0) is 27.1. The second kappa shape index (κ2) is 12.1. The lowest BCUT2D eigenvalue weighted by atomic mass is 10.1. The van der Waals surface area contributed by atoms with Crippen molar-refractivity contribution < 1.29 is 35.9 Å². The van der Waals surface area contributed by atoms with Gasteiger partial charge in [0, 0.05) is 13.1 Å². The van der Waals surface area contributed by atoms with Crippen molar-refractivity contribution in [3.05, 3.63) is 59.7 Å². The van der Waals surface area contributed by atoms with E-state index in [9.17, 15) is 31.2 Å². The van der Waals surface area contributed by atoms with Crippen LogP contribution in [0.1, 0.15) is 31.4 Å². The zero-order valence-corrected chi connectivity index (χ0v) is 21.3. The smallest absolute Gasteiger partial charge is 0.416 e. The largest absolute Gasteiger partial charge is 0.497 e. The molecule has 0 bridgehead atoms. The quantitative estimate of drug-likeness (QED) is 0.481. The summed E-state index contributed by atoms with van der Waals surface area (Å²) in [4.78, 5) is 27.5. The van der Waals surface area contributed by atoms with Crippen LogP contribution in [-0.4, -0.2) is 57.6 Å². The number of nitrogens with zero attached hydrogens (tertiary/aromatic N) is 2. The minimum Gasteiger partial charge on any atom is -0.497 e. The molecule has 2 aromatic rings. The first-order valence-electron chi connectivity index (χ1n) is 11.2. The fourth-order valence-electron chi connectivity index (χ4n) is 3.59. The molecular formula is C24H30F3N3O5S. The van der Waals surface area contributed by atoms with Crippen molar-refractivity contribution in [3.8, 4) is 5.75 Å². The van der Waals surface area contributed by atoms with Gasteiger partial charge in [-0.25, -0.2) is 8.42 Å². The predicted octanol–water partition coefficient (Wildman–Crippen LogP) is 3.42. The number of nitrogens with one attached hydrogen (secondary N) is 1. The van der Waals surface area contributed by atoms with Gasteiger partial charge in [-0.3, -0.25) is 13.9 Å². The van der Waals surface area contributed by atoms with Crippen LogP contribution < -0.4 is 14.4 Å². The van der Waals surface area contributed by atoms with Crippen molar-refractivity contribution >= 4 is 27.5 Å². The summed E-state index contributed by atoms with van der Waals surface area (Å²) in [6.45, 7) is 2.93. The first-order valence-corrected chi connectivity index (χ1v) is 13.0. The number of halogens is 3. The molecule has 198 valence electrons. The second-order valence-electron chi connectivity index (χ2n) is 8.01. The number of methoxy groups -OCH3 is 1. The summed E-state index contributed by atoms with van der Waals surface area (Å²) < 4.78 is 70.5. The molecule has 8 nitrogen and oxygen atoms in total. The van der Waals surface area contributed by atoms with Gasteiger partial charge >= 0.3 is 6.18 Å². The van der Waals surface area contributed by atoms with Gasteiger partial charge in [-0.2, -0.15) is 13.2 Å². The molecule has 0 aliphatic heterocycles. The molecule has 1 N–H and O–H groups in total. The Morgan fingerprint density at radius 3 is 2.22 bits per heavy atom. The summed E-state index contributed by atoms with van der Waals surface area (Å²) in [6, 6.07) is 9.55. The van der Waals surface area contributed by atoms with Gasteiger partial charge in [0.1, 0.15) is 18.3 Å². The minimum absolute atomic E-state index is 0.0291. The van der Waals surface area contributed by atoms with Gasteiger partial charge in [-0.15, -0.1) is 0 Å². The molecule has 0 radical (unpaired) electrons. The number of amides is 2. The van der Waals surface area contributed by atoms with Gasteiger partial charge in [-0.05, 0) is 49.2 Å². The lowest BCUT2D eigenvalue weighted by Gasteiger charge is -2.33. The van der Waals surface area contributed by atoms with Crippen molar-refractivity contribution in [2.45, 2.75) is 39.0 Å².